The van der Waals surface area contributed by atoms with Crippen LogP contribution < -0.4 is 10.2 Å². The Morgan fingerprint density at radius 3 is 2.69 bits per heavy atom. The van der Waals surface area contributed by atoms with Gasteiger partial charge in [0.1, 0.15) is 0 Å². The number of hydrogen-bond donors (Lipinski definition) is 2. The second-order valence-electron chi connectivity index (χ2n) is 6.35. The number of piperazine rings is 1. The third-order valence-electron chi connectivity index (χ3n) is 4.61. The summed E-state index contributed by atoms with van der Waals surface area (Å²) in [4.78, 5) is 19.0. The maximum atomic E-state index is 10.8. The molecule has 0 atom stereocenters. The molecule has 4 rings (SSSR count). The molecule has 0 unspecified atom stereocenters. The van der Waals surface area contributed by atoms with Crippen LogP contribution in [0.1, 0.15) is 5.56 Å². The Morgan fingerprint density at radius 2 is 2.04 bits per heavy atom. The molecule has 2 fully saturated rings. The number of anilines is 2. The van der Waals surface area contributed by atoms with Gasteiger partial charge in [-0.2, -0.15) is 4.98 Å². The van der Waals surface area contributed by atoms with Crippen LogP contribution in [0.25, 0.3) is 11.4 Å². The monoisotopic (exact) mass is 356 g/mol. The molecule has 2 N–H and O–H groups in total. The molecule has 1 aromatic heterocycles. The van der Waals surface area contributed by atoms with Gasteiger partial charge in [0, 0.05) is 49.2 Å². The van der Waals surface area contributed by atoms with Gasteiger partial charge in [-0.1, -0.05) is 17.3 Å². The Kier molecular flexibility index (Phi) is 4.53. The molecular weight excluding hydrogens is 336 g/mol. The van der Waals surface area contributed by atoms with Crippen LogP contribution >= 0.6 is 0 Å². The zero-order valence-corrected chi connectivity index (χ0v) is 14.2. The van der Waals surface area contributed by atoms with Gasteiger partial charge in [0.25, 0.3) is 0 Å². The summed E-state index contributed by atoms with van der Waals surface area (Å²) < 4.78 is 10.6. The average Bonchev–Trinajstić information content (AvgIpc) is 3.15. The molecule has 0 spiro atoms. The van der Waals surface area contributed by atoms with E-state index >= 15 is 0 Å². The minimum atomic E-state index is 0.263. The van der Waals surface area contributed by atoms with Gasteiger partial charge >= 0.3 is 6.01 Å². The molecular formula is C17H20N6O3. The van der Waals surface area contributed by atoms with Crippen molar-refractivity contribution in [1.82, 2.24) is 15.0 Å². The molecule has 2 saturated heterocycles. The number of aromatic nitrogens is 2. The normalized spacial score (nSPS) is 17.7. The van der Waals surface area contributed by atoms with E-state index in [-0.39, 0.29) is 6.04 Å². The zero-order chi connectivity index (χ0) is 17.9. The number of carbonyl (C=O) groups is 1. The quantitative estimate of drug-likeness (QED) is 0.583. The number of hydrogen-bond acceptors (Lipinski definition) is 8. The summed E-state index contributed by atoms with van der Waals surface area (Å²) in [6.07, 6.45) is 2.18. The first-order chi connectivity index (χ1) is 12.8. The minimum absolute atomic E-state index is 0.263. The maximum Gasteiger partial charge on any atom is 0.324 e. The van der Waals surface area contributed by atoms with Crippen LogP contribution in [0.3, 0.4) is 0 Å². The fraction of sp³-hybridized carbons (Fsp3) is 0.412. The van der Waals surface area contributed by atoms with Crippen molar-refractivity contribution < 1.29 is 14.1 Å². The molecule has 9 heteroatoms. The first-order valence-corrected chi connectivity index (χ1v) is 8.54. The van der Waals surface area contributed by atoms with Crippen molar-refractivity contribution in [1.29, 1.82) is 5.41 Å². The van der Waals surface area contributed by atoms with Gasteiger partial charge in [0.15, 0.2) is 0 Å². The molecule has 3 heterocycles. The highest BCUT2D eigenvalue weighted by atomic mass is 16.5. The van der Waals surface area contributed by atoms with Crippen molar-refractivity contribution in [3.05, 3.63) is 23.8 Å². The van der Waals surface area contributed by atoms with E-state index in [2.05, 4.69) is 15.5 Å². The lowest BCUT2D eigenvalue weighted by Gasteiger charge is -2.30. The highest BCUT2D eigenvalue weighted by Crippen LogP contribution is 2.26. The van der Waals surface area contributed by atoms with Crippen LogP contribution in [-0.4, -0.2) is 73.1 Å². The molecule has 0 saturated carbocycles. The number of nitrogens with one attached hydrogen (secondary N) is 2. The lowest BCUT2D eigenvalue weighted by atomic mass is 10.1. The standard InChI is InChI=1S/C17H20N6O3/c18-8-13-2-1-12(7-15(13)19-14-9-25-10-14)16-20-17(26-21-16)23-5-3-22(11-24)4-6-23/h1-2,7-8,11,14,18-19H,3-6,9-10H2. The zero-order valence-electron chi connectivity index (χ0n) is 14.2. The first-order valence-electron chi connectivity index (χ1n) is 8.54. The average molecular weight is 356 g/mol. The van der Waals surface area contributed by atoms with Gasteiger partial charge in [-0.05, 0) is 6.07 Å². The highest BCUT2D eigenvalue weighted by Gasteiger charge is 2.22. The van der Waals surface area contributed by atoms with E-state index in [9.17, 15) is 4.79 Å². The Balaban J connectivity index is 1.52. The second-order valence-corrected chi connectivity index (χ2v) is 6.35. The van der Waals surface area contributed by atoms with Crippen LogP contribution in [0.4, 0.5) is 11.7 Å². The van der Waals surface area contributed by atoms with E-state index < -0.39 is 0 Å². The lowest BCUT2D eigenvalue weighted by molar-refractivity contribution is -0.118. The summed E-state index contributed by atoms with van der Waals surface area (Å²) in [7, 11) is 0. The first kappa shape index (κ1) is 16.5. The van der Waals surface area contributed by atoms with Crippen LogP contribution in [0, 0.1) is 5.41 Å². The van der Waals surface area contributed by atoms with Crippen LogP contribution in [0.2, 0.25) is 0 Å². The Bertz CT molecular complexity index is 796. The maximum absolute atomic E-state index is 10.8. The summed E-state index contributed by atoms with van der Waals surface area (Å²) in [5.41, 5.74) is 2.48. The molecule has 136 valence electrons. The molecule has 9 nitrogen and oxygen atoms in total. The smallest absolute Gasteiger partial charge is 0.324 e. The summed E-state index contributed by atoms with van der Waals surface area (Å²) >= 11 is 0. The fourth-order valence-electron chi connectivity index (χ4n) is 2.96. The minimum Gasteiger partial charge on any atom is -0.377 e. The van der Waals surface area contributed by atoms with Crippen molar-refractivity contribution in [2.24, 2.45) is 0 Å². The SMILES string of the molecule is N=Cc1ccc(-c2noc(N3CCN(C=O)CC3)n2)cc1NC1COC1. The number of benzene rings is 1. The largest absolute Gasteiger partial charge is 0.377 e. The van der Waals surface area contributed by atoms with Gasteiger partial charge in [-0.25, -0.2) is 0 Å². The van der Waals surface area contributed by atoms with Gasteiger partial charge in [0.2, 0.25) is 12.2 Å². The van der Waals surface area contributed by atoms with E-state index in [0.29, 0.717) is 51.2 Å². The molecule has 2 aliphatic rings. The van der Waals surface area contributed by atoms with E-state index in [1.165, 1.54) is 6.21 Å². The van der Waals surface area contributed by atoms with E-state index in [0.717, 1.165) is 23.2 Å². The lowest BCUT2D eigenvalue weighted by Crippen LogP contribution is -2.45. The molecule has 2 aromatic rings. The molecule has 0 aliphatic carbocycles. The molecule has 0 bridgehead atoms. The van der Waals surface area contributed by atoms with Crippen molar-refractivity contribution >= 4 is 24.3 Å². The molecule has 0 radical (unpaired) electrons. The summed E-state index contributed by atoms with van der Waals surface area (Å²) in [5.74, 6) is 0.502. The van der Waals surface area contributed by atoms with Crippen molar-refractivity contribution in [2.45, 2.75) is 6.04 Å². The van der Waals surface area contributed by atoms with E-state index in [4.69, 9.17) is 14.7 Å². The van der Waals surface area contributed by atoms with Crippen molar-refractivity contribution in [3.8, 4) is 11.4 Å². The van der Waals surface area contributed by atoms with Crippen LogP contribution in [0.15, 0.2) is 22.7 Å². The van der Waals surface area contributed by atoms with Gasteiger partial charge < -0.3 is 29.8 Å². The third-order valence-corrected chi connectivity index (χ3v) is 4.61. The Labute approximate surface area is 150 Å². The predicted octanol–water partition coefficient (Wildman–Crippen LogP) is 0.823. The highest BCUT2D eigenvalue weighted by molar-refractivity contribution is 5.87. The summed E-state index contributed by atoms with van der Waals surface area (Å²) in [6, 6.07) is 6.39. The van der Waals surface area contributed by atoms with Crippen molar-refractivity contribution in [2.75, 3.05) is 49.6 Å². The van der Waals surface area contributed by atoms with Gasteiger partial charge in [0.05, 0.1) is 19.3 Å². The number of amides is 1. The second kappa shape index (κ2) is 7.12. The van der Waals surface area contributed by atoms with Crippen molar-refractivity contribution in [3.63, 3.8) is 0 Å². The van der Waals surface area contributed by atoms with Crippen LogP contribution in [0.5, 0.6) is 0 Å². The van der Waals surface area contributed by atoms with Gasteiger partial charge in [-0.3, -0.25) is 4.79 Å². The topological polar surface area (TPSA) is 108 Å². The number of carbonyl (C=O) groups excluding carboxylic acids is 1. The number of nitrogens with zero attached hydrogens (tertiary/aromatic N) is 4. The van der Waals surface area contributed by atoms with E-state index in [1.807, 2.05) is 23.1 Å². The summed E-state index contributed by atoms with van der Waals surface area (Å²) in [5, 5.41) is 15.0. The molecule has 26 heavy (non-hydrogen) atoms. The number of rotatable bonds is 6. The molecule has 2 aliphatic heterocycles. The predicted molar refractivity (Wildman–Crippen MR) is 95.7 cm³/mol. The molecule has 1 amide bonds. The van der Waals surface area contributed by atoms with E-state index in [1.54, 1.807) is 4.90 Å². The molecule has 1 aromatic carbocycles. The third kappa shape index (κ3) is 3.25. The Morgan fingerprint density at radius 1 is 1.23 bits per heavy atom. The number of ether oxygens (including phenoxy) is 1. The Hall–Kier alpha value is -2.94. The van der Waals surface area contributed by atoms with Gasteiger partial charge in [-0.15, -0.1) is 0 Å². The summed E-state index contributed by atoms with van der Waals surface area (Å²) in [6.45, 7) is 3.96. The fourth-order valence-corrected chi connectivity index (χ4v) is 2.96. The van der Waals surface area contributed by atoms with Crippen LogP contribution in [-0.2, 0) is 9.53 Å².